The first-order valence-electron chi connectivity index (χ1n) is 9.98. The predicted octanol–water partition coefficient (Wildman–Crippen LogP) is 5.31. The van der Waals surface area contributed by atoms with Crippen LogP contribution >= 0.6 is 12.4 Å². The fourth-order valence-corrected chi connectivity index (χ4v) is 3.78. The molecule has 1 atom stereocenters. The molecule has 1 unspecified atom stereocenters. The van der Waals surface area contributed by atoms with Crippen LogP contribution in [0.15, 0.2) is 91.0 Å². The summed E-state index contributed by atoms with van der Waals surface area (Å²) in [4.78, 5) is 2.47. The summed E-state index contributed by atoms with van der Waals surface area (Å²) >= 11 is 0. The zero-order valence-electron chi connectivity index (χ0n) is 16.6. The Hall–Kier alpha value is -2.33. The summed E-state index contributed by atoms with van der Waals surface area (Å²) in [6.07, 6.45) is 0.899. The zero-order chi connectivity index (χ0) is 19.1. The minimum Gasteiger partial charge on any atom is -0.490 e. The van der Waals surface area contributed by atoms with Gasteiger partial charge in [0.2, 0.25) is 0 Å². The predicted molar refractivity (Wildman–Crippen MR) is 120 cm³/mol. The largest absolute Gasteiger partial charge is 0.490 e. The van der Waals surface area contributed by atoms with Gasteiger partial charge in [0.1, 0.15) is 18.0 Å². The summed E-state index contributed by atoms with van der Waals surface area (Å²) < 4.78 is 12.7. The molecule has 0 aromatic heterocycles. The van der Waals surface area contributed by atoms with Gasteiger partial charge in [0.25, 0.3) is 0 Å². The molecule has 0 N–H and O–H groups in total. The Labute approximate surface area is 179 Å². The number of nitrogens with zero attached hydrogens (tertiary/aromatic N) is 1. The number of para-hydroxylation sites is 1. The Morgan fingerprint density at radius 1 is 0.793 bits per heavy atom. The maximum Gasteiger partial charge on any atom is 0.128 e. The van der Waals surface area contributed by atoms with Crippen molar-refractivity contribution >= 4 is 12.4 Å². The van der Waals surface area contributed by atoms with Gasteiger partial charge in [0.15, 0.2) is 0 Å². The van der Waals surface area contributed by atoms with E-state index in [9.17, 15) is 0 Å². The smallest absolute Gasteiger partial charge is 0.128 e. The second-order valence-electron chi connectivity index (χ2n) is 7.32. The van der Waals surface area contributed by atoms with E-state index in [1.54, 1.807) is 0 Å². The van der Waals surface area contributed by atoms with Crippen molar-refractivity contribution in [2.24, 2.45) is 0 Å². The Morgan fingerprint density at radius 2 is 1.41 bits per heavy atom. The summed E-state index contributed by atoms with van der Waals surface area (Å²) in [5, 5.41) is 0. The fraction of sp³-hybridized carbons (Fsp3) is 0.280. The van der Waals surface area contributed by atoms with Gasteiger partial charge in [0.05, 0.1) is 6.61 Å². The third-order valence-electron chi connectivity index (χ3n) is 5.38. The maximum absolute atomic E-state index is 6.50. The molecule has 3 nitrogen and oxygen atoms in total. The molecule has 0 radical (unpaired) electrons. The van der Waals surface area contributed by atoms with E-state index in [-0.39, 0.29) is 12.4 Å². The normalized spacial score (nSPS) is 19.7. The monoisotopic (exact) mass is 409 g/mol. The molecule has 0 bridgehead atoms. The minimum atomic E-state index is -0.428. The summed E-state index contributed by atoms with van der Waals surface area (Å²) in [5.74, 6) is 0.881. The van der Waals surface area contributed by atoms with Crippen LogP contribution in [0.4, 0.5) is 0 Å². The molecule has 4 heteroatoms. The number of halogens is 1. The highest BCUT2D eigenvalue weighted by Gasteiger charge is 2.36. The van der Waals surface area contributed by atoms with Gasteiger partial charge < -0.3 is 9.47 Å². The van der Waals surface area contributed by atoms with Crippen molar-refractivity contribution in [1.29, 1.82) is 0 Å². The second-order valence-corrected chi connectivity index (χ2v) is 7.32. The average molecular weight is 410 g/mol. The first-order chi connectivity index (χ1) is 13.8. The molecule has 3 aromatic carbocycles. The highest BCUT2D eigenvalue weighted by molar-refractivity contribution is 5.85. The van der Waals surface area contributed by atoms with E-state index in [1.165, 1.54) is 11.1 Å². The van der Waals surface area contributed by atoms with E-state index in [0.717, 1.165) is 31.8 Å². The van der Waals surface area contributed by atoms with E-state index in [2.05, 4.69) is 59.5 Å². The molecule has 1 heterocycles. The van der Waals surface area contributed by atoms with Crippen LogP contribution in [-0.2, 0) is 16.9 Å². The molecule has 0 amide bonds. The third kappa shape index (κ3) is 5.60. The number of hydrogen-bond acceptors (Lipinski definition) is 3. The van der Waals surface area contributed by atoms with Gasteiger partial charge in [-0.2, -0.15) is 0 Å². The molecular weight excluding hydrogens is 382 g/mol. The SMILES string of the molecule is Cl.c1ccc(CN2CCOC(COc3ccccc3)(c3ccccc3)CC2)cc1. The van der Waals surface area contributed by atoms with Crippen LogP contribution in [0.25, 0.3) is 0 Å². The molecule has 3 aromatic rings. The summed E-state index contributed by atoms with van der Waals surface area (Å²) in [6.45, 7) is 4.06. The van der Waals surface area contributed by atoms with Gasteiger partial charge >= 0.3 is 0 Å². The molecule has 1 fully saturated rings. The lowest BCUT2D eigenvalue weighted by Crippen LogP contribution is -2.37. The van der Waals surface area contributed by atoms with Crippen LogP contribution in [0.5, 0.6) is 5.75 Å². The quantitative estimate of drug-likeness (QED) is 0.551. The van der Waals surface area contributed by atoms with Crippen LogP contribution in [0.2, 0.25) is 0 Å². The lowest BCUT2D eigenvalue weighted by molar-refractivity contribution is -0.0726. The second kappa shape index (κ2) is 10.4. The van der Waals surface area contributed by atoms with Crippen molar-refractivity contribution in [3.05, 3.63) is 102 Å². The maximum atomic E-state index is 6.50. The van der Waals surface area contributed by atoms with Crippen molar-refractivity contribution in [2.45, 2.75) is 18.6 Å². The van der Waals surface area contributed by atoms with Crippen LogP contribution in [0.3, 0.4) is 0 Å². The van der Waals surface area contributed by atoms with Crippen molar-refractivity contribution < 1.29 is 9.47 Å². The molecule has 1 saturated heterocycles. The van der Waals surface area contributed by atoms with Crippen molar-refractivity contribution in [3.8, 4) is 5.75 Å². The fourth-order valence-electron chi connectivity index (χ4n) is 3.78. The summed E-state index contributed by atoms with van der Waals surface area (Å²) in [7, 11) is 0. The van der Waals surface area contributed by atoms with Gasteiger partial charge in [-0.05, 0) is 29.7 Å². The van der Waals surface area contributed by atoms with Gasteiger partial charge in [-0.25, -0.2) is 0 Å². The summed E-state index contributed by atoms with van der Waals surface area (Å²) in [5.41, 5.74) is 2.10. The first-order valence-corrected chi connectivity index (χ1v) is 9.98. The average Bonchev–Trinajstić information content (AvgIpc) is 2.98. The van der Waals surface area contributed by atoms with Crippen molar-refractivity contribution in [1.82, 2.24) is 4.90 Å². The van der Waals surface area contributed by atoms with Crippen LogP contribution < -0.4 is 4.74 Å². The molecular formula is C25H28ClNO2. The van der Waals surface area contributed by atoms with Crippen LogP contribution in [0, 0.1) is 0 Å². The first kappa shape index (κ1) is 21.4. The third-order valence-corrected chi connectivity index (χ3v) is 5.38. The number of ether oxygens (including phenoxy) is 2. The summed E-state index contributed by atoms with van der Waals surface area (Å²) in [6, 6.07) is 31.2. The van der Waals surface area contributed by atoms with Crippen LogP contribution in [-0.4, -0.2) is 31.2 Å². The number of hydrogen-bond donors (Lipinski definition) is 0. The lowest BCUT2D eigenvalue weighted by Gasteiger charge is -2.33. The Bertz CT molecular complexity index is 844. The molecule has 0 spiro atoms. The van der Waals surface area contributed by atoms with E-state index < -0.39 is 5.60 Å². The van der Waals surface area contributed by atoms with E-state index >= 15 is 0 Å². The van der Waals surface area contributed by atoms with E-state index in [4.69, 9.17) is 9.47 Å². The Balaban J connectivity index is 0.00000240. The molecule has 1 aliphatic rings. The van der Waals surface area contributed by atoms with Crippen molar-refractivity contribution in [2.75, 3.05) is 26.3 Å². The van der Waals surface area contributed by atoms with Gasteiger partial charge in [0, 0.05) is 19.6 Å². The number of benzene rings is 3. The molecule has 4 rings (SSSR count). The molecule has 152 valence electrons. The van der Waals surface area contributed by atoms with E-state index in [1.807, 2.05) is 36.4 Å². The molecule has 1 aliphatic heterocycles. The number of rotatable bonds is 6. The molecule has 29 heavy (non-hydrogen) atoms. The standard InChI is InChI=1S/C25H27NO2.ClH/c1-4-10-22(11-5-1)20-26-17-16-25(28-19-18-26,23-12-6-2-7-13-23)21-27-24-14-8-3-9-15-24;/h1-15H,16-21H2;1H. The minimum absolute atomic E-state index is 0. The van der Waals surface area contributed by atoms with Gasteiger partial charge in [-0.15, -0.1) is 12.4 Å². The zero-order valence-corrected chi connectivity index (χ0v) is 17.4. The highest BCUT2D eigenvalue weighted by atomic mass is 35.5. The lowest BCUT2D eigenvalue weighted by atomic mass is 9.90. The van der Waals surface area contributed by atoms with Gasteiger partial charge in [-0.1, -0.05) is 78.9 Å². The highest BCUT2D eigenvalue weighted by Crippen LogP contribution is 2.33. The Morgan fingerprint density at radius 3 is 2.10 bits per heavy atom. The van der Waals surface area contributed by atoms with Gasteiger partial charge in [-0.3, -0.25) is 4.90 Å². The van der Waals surface area contributed by atoms with Crippen LogP contribution in [0.1, 0.15) is 17.5 Å². The van der Waals surface area contributed by atoms with Crippen molar-refractivity contribution in [3.63, 3.8) is 0 Å². The topological polar surface area (TPSA) is 21.7 Å². The molecule has 0 aliphatic carbocycles. The van der Waals surface area contributed by atoms with E-state index in [0.29, 0.717) is 13.2 Å². The Kier molecular flexibility index (Phi) is 7.70. The molecule has 0 saturated carbocycles.